The SMILES string of the molecule is Nc1sc2c(c1-c1ccc(F)c([N+](=O)[O-])c1)CCC2. The van der Waals surface area contributed by atoms with Crippen LogP contribution in [0.4, 0.5) is 15.1 Å². The molecule has 0 amide bonds. The van der Waals surface area contributed by atoms with Crippen molar-refractivity contribution in [3.05, 3.63) is 44.6 Å². The fourth-order valence-corrected chi connectivity index (χ4v) is 3.73. The summed E-state index contributed by atoms with van der Waals surface area (Å²) < 4.78 is 13.4. The summed E-state index contributed by atoms with van der Waals surface area (Å²) in [6.45, 7) is 0. The molecule has 1 aliphatic rings. The van der Waals surface area contributed by atoms with Gasteiger partial charge >= 0.3 is 5.69 Å². The van der Waals surface area contributed by atoms with E-state index >= 15 is 0 Å². The zero-order valence-electron chi connectivity index (χ0n) is 9.98. The van der Waals surface area contributed by atoms with Crippen molar-refractivity contribution in [3.8, 4) is 11.1 Å². The highest BCUT2D eigenvalue weighted by atomic mass is 32.1. The zero-order chi connectivity index (χ0) is 13.6. The normalized spacial score (nSPS) is 13.5. The number of nitro groups is 1. The van der Waals surface area contributed by atoms with Crippen LogP contribution in [0, 0.1) is 15.9 Å². The number of nitrogens with two attached hydrogens (primary N) is 1. The van der Waals surface area contributed by atoms with Crippen molar-refractivity contribution >= 4 is 22.0 Å². The van der Waals surface area contributed by atoms with Crippen molar-refractivity contribution in [1.29, 1.82) is 0 Å². The average molecular weight is 278 g/mol. The Bertz CT molecular complexity index is 682. The van der Waals surface area contributed by atoms with Gasteiger partial charge in [0.05, 0.1) is 9.92 Å². The summed E-state index contributed by atoms with van der Waals surface area (Å²) in [4.78, 5) is 11.3. The second-order valence-corrected chi connectivity index (χ2v) is 5.66. The molecule has 0 atom stereocenters. The Kier molecular flexibility index (Phi) is 2.74. The lowest BCUT2D eigenvalue weighted by Crippen LogP contribution is -1.94. The van der Waals surface area contributed by atoms with Crippen LogP contribution in [0.25, 0.3) is 11.1 Å². The van der Waals surface area contributed by atoms with Crippen molar-refractivity contribution in [2.75, 3.05) is 5.73 Å². The Balaban J connectivity index is 2.18. The van der Waals surface area contributed by atoms with Gasteiger partial charge in [0.15, 0.2) is 0 Å². The van der Waals surface area contributed by atoms with E-state index in [2.05, 4.69) is 0 Å². The number of nitrogen functional groups attached to an aromatic ring is 1. The monoisotopic (exact) mass is 278 g/mol. The smallest absolute Gasteiger partial charge is 0.305 e. The maximum Gasteiger partial charge on any atom is 0.305 e. The van der Waals surface area contributed by atoms with E-state index in [9.17, 15) is 14.5 Å². The Hall–Kier alpha value is -1.95. The molecular formula is C13H11FN2O2S. The number of halogens is 1. The molecule has 1 aliphatic carbocycles. The highest BCUT2D eigenvalue weighted by Crippen LogP contribution is 2.44. The molecule has 0 aliphatic heterocycles. The molecule has 0 radical (unpaired) electrons. The third kappa shape index (κ3) is 1.88. The Morgan fingerprint density at radius 3 is 2.89 bits per heavy atom. The lowest BCUT2D eigenvalue weighted by atomic mass is 10.0. The minimum atomic E-state index is -0.820. The van der Waals surface area contributed by atoms with Gasteiger partial charge in [0.2, 0.25) is 5.82 Å². The van der Waals surface area contributed by atoms with Gasteiger partial charge in [-0.3, -0.25) is 10.1 Å². The van der Waals surface area contributed by atoms with Gasteiger partial charge in [0, 0.05) is 16.5 Å². The zero-order valence-corrected chi connectivity index (χ0v) is 10.8. The standard InChI is InChI=1S/C13H11FN2O2S/c14-9-5-4-7(6-10(9)16(17)18)12-8-2-1-3-11(8)19-13(12)15/h4-6H,1-3,15H2. The minimum Gasteiger partial charge on any atom is -0.390 e. The van der Waals surface area contributed by atoms with Crippen molar-refractivity contribution < 1.29 is 9.31 Å². The summed E-state index contributed by atoms with van der Waals surface area (Å²) in [7, 11) is 0. The first-order valence-corrected chi connectivity index (χ1v) is 6.74. The van der Waals surface area contributed by atoms with Gasteiger partial charge in [0.25, 0.3) is 0 Å². The van der Waals surface area contributed by atoms with E-state index in [1.165, 1.54) is 27.8 Å². The molecular weight excluding hydrogens is 267 g/mol. The highest BCUT2D eigenvalue weighted by molar-refractivity contribution is 7.16. The fourth-order valence-electron chi connectivity index (χ4n) is 2.55. The largest absolute Gasteiger partial charge is 0.390 e. The summed E-state index contributed by atoms with van der Waals surface area (Å²) in [5.41, 5.74) is 8.15. The van der Waals surface area contributed by atoms with Crippen molar-refractivity contribution in [1.82, 2.24) is 0 Å². The van der Waals surface area contributed by atoms with E-state index in [4.69, 9.17) is 5.73 Å². The van der Waals surface area contributed by atoms with E-state index in [1.807, 2.05) is 0 Å². The number of nitrogens with zero attached hydrogens (tertiary/aromatic N) is 1. The average Bonchev–Trinajstić information content (AvgIpc) is 2.89. The minimum absolute atomic E-state index is 0.505. The Labute approximate surface area is 112 Å². The molecule has 1 aromatic heterocycles. The van der Waals surface area contributed by atoms with Gasteiger partial charge in [-0.05, 0) is 36.5 Å². The molecule has 0 bridgehead atoms. The van der Waals surface area contributed by atoms with E-state index in [0.29, 0.717) is 10.6 Å². The molecule has 0 saturated heterocycles. The van der Waals surface area contributed by atoms with Crippen LogP contribution < -0.4 is 5.73 Å². The first kappa shape index (κ1) is 12.1. The van der Waals surface area contributed by atoms with Crippen LogP contribution in [0.3, 0.4) is 0 Å². The maximum absolute atomic E-state index is 13.4. The number of aryl methyl sites for hydroxylation is 1. The predicted molar refractivity (Wildman–Crippen MR) is 72.8 cm³/mol. The number of benzene rings is 1. The van der Waals surface area contributed by atoms with Crippen LogP contribution in [0.2, 0.25) is 0 Å². The molecule has 19 heavy (non-hydrogen) atoms. The Morgan fingerprint density at radius 1 is 1.37 bits per heavy atom. The van der Waals surface area contributed by atoms with Gasteiger partial charge in [0.1, 0.15) is 0 Å². The quantitative estimate of drug-likeness (QED) is 0.674. The van der Waals surface area contributed by atoms with E-state index in [0.717, 1.165) is 30.9 Å². The third-order valence-electron chi connectivity index (χ3n) is 3.38. The topological polar surface area (TPSA) is 69.2 Å². The van der Waals surface area contributed by atoms with E-state index in [1.54, 1.807) is 6.07 Å². The van der Waals surface area contributed by atoms with Crippen molar-refractivity contribution in [2.24, 2.45) is 0 Å². The lowest BCUT2D eigenvalue weighted by molar-refractivity contribution is -0.387. The highest BCUT2D eigenvalue weighted by Gasteiger charge is 2.24. The molecule has 3 rings (SSSR count). The summed E-state index contributed by atoms with van der Waals surface area (Å²) in [5, 5.41) is 11.5. The number of thiophene rings is 1. The fraction of sp³-hybridized carbons (Fsp3) is 0.231. The number of hydrogen-bond donors (Lipinski definition) is 1. The van der Waals surface area contributed by atoms with Gasteiger partial charge in [-0.1, -0.05) is 6.07 Å². The van der Waals surface area contributed by atoms with Gasteiger partial charge < -0.3 is 5.73 Å². The summed E-state index contributed by atoms with van der Waals surface area (Å²) in [6, 6.07) is 3.96. The van der Waals surface area contributed by atoms with E-state index < -0.39 is 16.4 Å². The number of fused-ring (bicyclic) bond motifs is 1. The van der Waals surface area contributed by atoms with Gasteiger partial charge in [-0.25, -0.2) is 0 Å². The lowest BCUT2D eigenvalue weighted by Gasteiger charge is -2.04. The molecule has 1 aromatic carbocycles. The molecule has 2 N–H and O–H groups in total. The first-order valence-electron chi connectivity index (χ1n) is 5.92. The third-order valence-corrected chi connectivity index (χ3v) is 4.50. The number of hydrogen-bond acceptors (Lipinski definition) is 4. The number of nitro benzene ring substituents is 1. The summed E-state index contributed by atoms with van der Waals surface area (Å²) >= 11 is 1.53. The summed E-state index contributed by atoms with van der Waals surface area (Å²) in [5.74, 6) is -0.820. The van der Waals surface area contributed by atoms with Crippen molar-refractivity contribution in [2.45, 2.75) is 19.3 Å². The number of rotatable bonds is 2. The molecule has 6 heteroatoms. The molecule has 0 fully saturated rings. The van der Waals surface area contributed by atoms with Crippen LogP contribution in [0.5, 0.6) is 0 Å². The van der Waals surface area contributed by atoms with Crippen LogP contribution in [-0.2, 0) is 12.8 Å². The summed E-state index contributed by atoms with van der Waals surface area (Å²) in [6.07, 6.45) is 3.02. The molecule has 0 saturated carbocycles. The number of anilines is 1. The maximum atomic E-state index is 13.4. The second-order valence-electron chi connectivity index (χ2n) is 4.52. The molecule has 0 unspecified atom stereocenters. The van der Waals surface area contributed by atoms with Crippen LogP contribution in [-0.4, -0.2) is 4.92 Å². The Morgan fingerprint density at radius 2 is 2.16 bits per heavy atom. The van der Waals surface area contributed by atoms with Crippen molar-refractivity contribution in [3.63, 3.8) is 0 Å². The van der Waals surface area contributed by atoms with Gasteiger partial charge in [-0.2, -0.15) is 4.39 Å². The molecule has 0 spiro atoms. The molecule has 1 heterocycles. The van der Waals surface area contributed by atoms with E-state index in [-0.39, 0.29) is 0 Å². The molecule has 4 nitrogen and oxygen atoms in total. The molecule has 2 aromatic rings. The first-order chi connectivity index (χ1) is 9.08. The van der Waals surface area contributed by atoms with Crippen LogP contribution >= 0.6 is 11.3 Å². The van der Waals surface area contributed by atoms with Crippen LogP contribution in [0.1, 0.15) is 16.9 Å². The second kappa shape index (κ2) is 4.31. The predicted octanol–water partition coefficient (Wildman–Crippen LogP) is 3.53. The molecule has 98 valence electrons. The van der Waals surface area contributed by atoms with Gasteiger partial charge in [-0.15, -0.1) is 11.3 Å². The van der Waals surface area contributed by atoms with Crippen LogP contribution in [0.15, 0.2) is 18.2 Å².